The van der Waals surface area contributed by atoms with E-state index >= 15 is 0 Å². The molecule has 0 aliphatic heterocycles. The average molecular weight is 182 g/mol. The van der Waals surface area contributed by atoms with Gasteiger partial charge in [-0.3, -0.25) is 0 Å². The summed E-state index contributed by atoms with van der Waals surface area (Å²) in [7, 11) is -3.19. The van der Waals surface area contributed by atoms with Crippen molar-refractivity contribution in [2.75, 3.05) is 18.7 Å². The zero-order chi connectivity index (χ0) is 8.41. The van der Waals surface area contributed by atoms with Crippen molar-refractivity contribution in [1.82, 2.24) is 0 Å². The van der Waals surface area contributed by atoms with Gasteiger partial charge in [-0.25, -0.2) is 8.42 Å². The average Bonchev–Trinajstić information content (AvgIpc) is 1.60. The van der Waals surface area contributed by atoms with Crippen molar-refractivity contribution in [2.24, 2.45) is 0 Å². The van der Waals surface area contributed by atoms with E-state index in [-0.39, 0.29) is 5.38 Å². The van der Waals surface area contributed by atoms with Gasteiger partial charge in [0.1, 0.15) is 9.84 Å². The molecule has 0 radical (unpaired) electrons. The molecule has 0 saturated heterocycles. The zero-order valence-electron chi connectivity index (χ0n) is 6.84. The Bertz CT molecular complexity index is 195. The molecule has 0 saturated carbocycles. The maximum Gasteiger partial charge on any atom is 0.200 e. The van der Waals surface area contributed by atoms with E-state index in [0.717, 1.165) is 0 Å². The molecule has 0 unspecified atom stereocenters. The fourth-order valence-electron chi connectivity index (χ4n) is 0.690. The first-order chi connectivity index (χ1) is 4.27. The molecule has 0 amide bonds. The predicted octanol–water partition coefficient (Wildman–Crippen LogP) is 0.422. The Hall–Kier alpha value is 0.127. The minimum Gasteiger partial charge on any atom is -0.419 e. The summed E-state index contributed by atoms with van der Waals surface area (Å²) in [6.45, 7) is 3.77. The smallest absolute Gasteiger partial charge is 0.200 e. The van der Waals surface area contributed by atoms with Gasteiger partial charge in [-0.15, -0.1) is 0 Å². The highest BCUT2D eigenvalue weighted by Gasteiger charge is 2.25. The third-order valence-corrected chi connectivity index (χ3v) is 7.15. The van der Waals surface area contributed by atoms with Gasteiger partial charge in [0, 0.05) is 13.4 Å². The van der Waals surface area contributed by atoms with Gasteiger partial charge in [-0.05, 0) is 13.1 Å². The summed E-state index contributed by atoms with van der Waals surface area (Å²) >= 11 is 0. The molecule has 0 aliphatic carbocycles. The van der Waals surface area contributed by atoms with Crippen molar-refractivity contribution in [3.63, 3.8) is 0 Å². The third-order valence-electron chi connectivity index (χ3n) is 1.16. The molecule has 0 rings (SSSR count). The van der Waals surface area contributed by atoms with Crippen LogP contribution < -0.4 is 0 Å². The molecule has 10 heavy (non-hydrogen) atoms. The lowest BCUT2D eigenvalue weighted by Gasteiger charge is -2.17. The van der Waals surface area contributed by atoms with Gasteiger partial charge in [-0.2, -0.15) is 0 Å². The van der Waals surface area contributed by atoms with Crippen molar-refractivity contribution in [3.8, 4) is 0 Å². The first-order valence-electron chi connectivity index (χ1n) is 3.00. The molecule has 0 aromatic rings. The minimum atomic E-state index is -2.86. The van der Waals surface area contributed by atoms with Crippen LogP contribution in [0.3, 0.4) is 0 Å². The van der Waals surface area contributed by atoms with Crippen LogP contribution in [0.15, 0.2) is 0 Å². The largest absolute Gasteiger partial charge is 0.419 e. The van der Waals surface area contributed by atoms with Crippen molar-refractivity contribution >= 4 is 18.2 Å². The van der Waals surface area contributed by atoms with Crippen molar-refractivity contribution in [2.45, 2.75) is 13.1 Å². The zero-order valence-corrected chi connectivity index (χ0v) is 8.66. The van der Waals surface area contributed by atoms with Crippen LogP contribution in [-0.4, -0.2) is 35.5 Å². The number of sulfone groups is 1. The van der Waals surface area contributed by atoms with E-state index < -0.39 is 18.2 Å². The van der Waals surface area contributed by atoms with E-state index in [4.69, 9.17) is 4.43 Å². The summed E-state index contributed by atoms with van der Waals surface area (Å²) in [5, 5.41) is 0.205. The predicted molar refractivity (Wildman–Crippen MR) is 44.2 cm³/mol. The normalized spacial score (nSPS) is 13.6. The Morgan fingerprint density at radius 1 is 1.40 bits per heavy atom. The standard InChI is InChI=1S/C5H14O3SSi/c1-8-10(3,4)5-9(2,6)7/h5H2,1-4H3. The van der Waals surface area contributed by atoms with E-state index in [9.17, 15) is 8.42 Å². The Labute approximate surface area is 63.4 Å². The van der Waals surface area contributed by atoms with Gasteiger partial charge < -0.3 is 4.43 Å². The highest BCUT2D eigenvalue weighted by atomic mass is 32.2. The molecular formula is C5H14O3SSi. The monoisotopic (exact) mass is 182 g/mol. The molecule has 3 nitrogen and oxygen atoms in total. The summed E-state index contributed by atoms with van der Waals surface area (Å²) < 4.78 is 26.6. The lowest BCUT2D eigenvalue weighted by molar-refractivity contribution is 0.409. The first-order valence-corrected chi connectivity index (χ1v) is 8.17. The number of hydrogen-bond donors (Lipinski definition) is 0. The fourth-order valence-corrected chi connectivity index (χ4v) is 6.21. The SMILES string of the molecule is CO[Si](C)(C)CS(C)(=O)=O. The Kier molecular flexibility index (Phi) is 3.06. The van der Waals surface area contributed by atoms with Crippen LogP contribution >= 0.6 is 0 Å². The van der Waals surface area contributed by atoms with Crippen LogP contribution in [0.25, 0.3) is 0 Å². The van der Waals surface area contributed by atoms with E-state index in [1.807, 2.05) is 13.1 Å². The molecule has 0 spiro atoms. The maximum absolute atomic E-state index is 10.8. The van der Waals surface area contributed by atoms with Gasteiger partial charge in [-0.1, -0.05) is 0 Å². The van der Waals surface area contributed by atoms with Gasteiger partial charge in [0.05, 0.1) is 5.38 Å². The second-order valence-corrected chi connectivity index (χ2v) is 9.97. The molecule has 0 atom stereocenters. The Morgan fingerprint density at radius 2 is 1.80 bits per heavy atom. The Morgan fingerprint density at radius 3 is 1.90 bits per heavy atom. The van der Waals surface area contributed by atoms with E-state index in [0.29, 0.717) is 0 Å². The highest BCUT2D eigenvalue weighted by Crippen LogP contribution is 2.04. The van der Waals surface area contributed by atoms with Crippen LogP contribution in [0.4, 0.5) is 0 Å². The molecule has 0 aromatic heterocycles. The summed E-state index contributed by atoms with van der Waals surface area (Å²) in [5.41, 5.74) is 0. The van der Waals surface area contributed by atoms with Crippen LogP contribution in [0, 0.1) is 0 Å². The molecular weight excluding hydrogens is 168 g/mol. The lowest BCUT2D eigenvalue weighted by atomic mass is 11.8. The summed E-state index contributed by atoms with van der Waals surface area (Å²) in [5.74, 6) is 0. The molecule has 0 aromatic carbocycles. The van der Waals surface area contributed by atoms with E-state index in [1.165, 1.54) is 6.26 Å². The van der Waals surface area contributed by atoms with Crippen LogP contribution in [-0.2, 0) is 14.3 Å². The summed E-state index contributed by atoms with van der Waals surface area (Å²) in [6, 6.07) is 0. The van der Waals surface area contributed by atoms with Crippen molar-refractivity contribution in [1.29, 1.82) is 0 Å². The molecule has 5 heteroatoms. The molecule has 0 N–H and O–H groups in total. The fraction of sp³-hybridized carbons (Fsp3) is 1.00. The highest BCUT2D eigenvalue weighted by molar-refractivity contribution is 7.92. The van der Waals surface area contributed by atoms with Gasteiger partial charge in [0.2, 0.25) is 8.32 Å². The quantitative estimate of drug-likeness (QED) is 0.594. The minimum absolute atomic E-state index is 0.205. The van der Waals surface area contributed by atoms with Gasteiger partial charge in [0.15, 0.2) is 0 Å². The Balaban J connectivity index is 4.16. The number of rotatable bonds is 3. The summed E-state index contributed by atoms with van der Waals surface area (Å²) in [4.78, 5) is 0. The molecule has 0 aliphatic rings. The van der Waals surface area contributed by atoms with E-state index in [2.05, 4.69) is 0 Å². The lowest BCUT2D eigenvalue weighted by Crippen LogP contribution is -2.37. The van der Waals surface area contributed by atoms with Crippen LogP contribution in [0.2, 0.25) is 13.1 Å². The molecule has 0 bridgehead atoms. The second-order valence-electron chi connectivity index (χ2n) is 3.03. The second kappa shape index (κ2) is 3.02. The van der Waals surface area contributed by atoms with Crippen molar-refractivity contribution in [3.05, 3.63) is 0 Å². The van der Waals surface area contributed by atoms with Crippen LogP contribution in [0.5, 0.6) is 0 Å². The van der Waals surface area contributed by atoms with Crippen molar-refractivity contribution < 1.29 is 12.8 Å². The number of hydrogen-bond acceptors (Lipinski definition) is 3. The van der Waals surface area contributed by atoms with Crippen LogP contribution in [0.1, 0.15) is 0 Å². The summed E-state index contributed by atoms with van der Waals surface area (Å²) in [6.07, 6.45) is 1.24. The topological polar surface area (TPSA) is 43.4 Å². The van der Waals surface area contributed by atoms with E-state index in [1.54, 1.807) is 7.11 Å². The van der Waals surface area contributed by atoms with Gasteiger partial charge in [0.25, 0.3) is 0 Å². The maximum atomic E-state index is 10.8. The molecule has 62 valence electrons. The first kappa shape index (κ1) is 10.1. The molecule has 0 heterocycles. The molecule has 0 fully saturated rings. The third kappa shape index (κ3) is 4.96. The van der Waals surface area contributed by atoms with Gasteiger partial charge >= 0.3 is 0 Å².